The molecule has 0 spiro atoms. The third kappa shape index (κ3) is 5.32. The van der Waals surface area contributed by atoms with Crippen molar-refractivity contribution in [3.63, 3.8) is 0 Å². The van der Waals surface area contributed by atoms with E-state index in [-0.39, 0.29) is 11.3 Å². The highest BCUT2D eigenvalue weighted by Crippen LogP contribution is 2.48. The summed E-state index contributed by atoms with van der Waals surface area (Å²) < 4.78 is 0. The molecule has 0 fully saturated rings. The number of nitrogens with one attached hydrogen (secondary N) is 1. The van der Waals surface area contributed by atoms with Gasteiger partial charge in [-0.25, -0.2) is 4.99 Å². The maximum atomic E-state index is 13.7. The molecule has 0 saturated carbocycles. The molecule has 0 bridgehead atoms. The van der Waals surface area contributed by atoms with Crippen LogP contribution in [0.1, 0.15) is 53.6 Å². The van der Waals surface area contributed by atoms with Crippen molar-refractivity contribution in [3.8, 4) is 0 Å². The third-order valence-electron chi connectivity index (χ3n) is 7.92. The Morgan fingerprint density at radius 1 is 1.05 bits per heavy atom. The van der Waals surface area contributed by atoms with Gasteiger partial charge in [0.15, 0.2) is 0 Å². The number of halogens is 1. The van der Waals surface area contributed by atoms with Crippen LogP contribution in [0.25, 0.3) is 0 Å². The monoisotopic (exact) mass is 585 g/mol. The molecule has 4 aromatic rings. The zero-order valence-electron chi connectivity index (χ0n) is 23.1. The molecule has 40 heavy (non-hydrogen) atoms. The number of benzene rings is 3. The zero-order chi connectivity index (χ0) is 28.0. The number of anilines is 3. The van der Waals surface area contributed by atoms with Crippen molar-refractivity contribution in [2.24, 2.45) is 16.3 Å². The molecule has 6 rings (SSSR count). The maximum absolute atomic E-state index is 13.7. The predicted octanol–water partition coefficient (Wildman–Crippen LogP) is 9.79. The zero-order valence-corrected chi connectivity index (χ0v) is 25.5. The number of hydrogen-bond acceptors (Lipinski definition) is 5. The van der Waals surface area contributed by atoms with E-state index in [0.29, 0.717) is 16.5 Å². The van der Waals surface area contributed by atoms with Crippen LogP contribution in [-0.4, -0.2) is 19.2 Å². The third-order valence-corrected chi connectivity index (χ3v) is 10.4. The Morgan fingerprint density at radius 3 is 2.58 bits per heavy atom. The van der Waals surface area contributed by atoms with Crippen molar-refractivity contribution in [1.29, 1.82) is 0 Å². The summed E-state index contributed by atoms with van der Waals surface area (Å²) in [6.45, 7) is 6.94. The van der Waals surface area contributed by atoms with Crippen molar-refractivity contribution in [1.82, 2.24) is 0 Å². The van der Waals surface area contributed by atoms with Crippen LogP contribution in [0.15, 0.2) is 81.5 Å². The highest BCUT2D eigenvalue weighted by molar-refractivity contribution is 7.99. The lowest BCUT2D eigenvalue weighted by Gasteiger charge is -2.33. The maximum Gasteiger partial charge on any atom is 0.259 e. The molecule has 4 nitrogen and oxygen atoms in total. The highest BCUT2D eigenvalue weighted by Gasteiger charge is 2.33. The van der Waals surface area contributed by atoms with Crippen LogP contribution >= 0.6 is 34.7 Å². The number of para-hydroxylation sites is 1. The first-order chi connectivity index (χ1) is 19.2. The minimum atomic E-state index is -0.111. The lowest BCUT2D eigenvalue weighted by atomic mass is 9.72. The second kappa shape index (κ2) is 10.7. The normalized spacial score (nSPS) is 16.4. The van der Waals surface area contributed by atoms with Gasteiger partial charge in [0.25, 0.3) is 5.91 Å². The predicted molar refractivity (Wildman–Crippen MR) is 171 cm³/mol. The van der Waals surface area contributed by atoms with E-state index < -0.39 is 0 Å². The molecular weight excluding hydrogens is 554 g/mol. The van der Waals surface area contributed by atoms with Gasteiger partial charge in [-0.1, -0.05) is 62.3 Å². The van der Waals surface area contributed by atoms with Gasteiger partial charge in [-0.2, -0.15) is 0 Å². The largest absolute Gasteiger partial charge is 0.343 e. The number of carbonyl (C=O) groups excluding carboxylic acids is 1. The summed E-state index contributed by atoms with van der Waals surface area (Å²) >= 11 is 9.51. The molecule has 0 saturated heterocycles. The van der Waals surface area contributed by atoms with Gasteiger partial charge in [-0.3, -0.25) is 4.79 Å². The smallest absolute Gasteiger partial charge is 0.259 e. The number of fused-ring (bicyclic) bond motifs is 3. The molecule has 1 N–H and O–H groups in total. The minimum Gasteiger partial charge on any atom is -0.343 e. The SMILES string of the molecule is CN1c2ccccc2Sc2cc(C=Nc3sc4c(c3C(=O)Nc3ccc(Cl)cc3)CC[C@@H](C(C)(C)C)C4)ccc21. The second-order valence-corrected chi connectivity index (χ2v) is 14.2. The summed E-state index contributed by atoms with van der Waals surface area (Å²) in [5.41, 5.74) is 6.23. The summed E-state index contributed by atoms with van der Waals surface area (Å²) in [4.78, 5) is 24.6. The van der Waals surface area contributed by atoms with E-state index in [4.69, 9.17) is 16.6 Å². The Morgan fingerprint density at radius 2 is 1.80 bits per heavy atom. The van der Waals surface area contributed by atoms with Crippen molar-refractivity contribution in [2.75, 3.05) is 17.3 Å². The molecule has 1 atom stereocenters. The Labute approximate surface area is 249 Å². The van der Waals surface area contributed by atoms with E-state index in [9.17, 15) is 4.79 Å². The summed E-state index contributed by atoms with van der Waals surface area (Å²) in [5, 5.41) is 4.50. The van der Waals surface area contributed by atoms with E-state index in [1.54, 1.807) is 35.2 Å². The molecule has 1 aromatic heterocycles. The topological polar surface area (TPSA) is 44.7 Å². The van der Waals surface area contributed by atoms with Crippen molar-refractivity contribution < 1.29 is 4.79 Å². The summed E-state index contributed by atoms with van der Waals surface area (Å²) in [6.07, 6.45) is 4.86. The standard InChI is InChI=1S/C33H32ClN3OS2/c1-33(2,3)21-10-15-24-28(18-21)40-32(30(24)31(38)36-23-13-11-22(34)12-14-23)35-19-20-9-16-26-29(17-20)39-27-8-6-5-7-25(27)37(26)4/h5-9,11-14,16-17,19,21H,10,15,18H2,1-4H3,(H,36,38)/t21-/m1/s1. The van der Waals surface area contributed by atoms with Gasteiger partial charge in [-0.15, -0.1) is 11.3 Å². The molecule has 0 radical (unpaired) electrons. The Kier molecular flexibility index (Phi) is 7.28. The molecular formula is C33H32ClN3OS2. The highest BCUT2D eigenvalue weighted by atomic mass is 35.5. The van der Waals surface area contributed by atoms with E-state index in [2.05, 4.69) is 80.5 Å². The molecule has 1 aliphatic heterocycles. The van der Waals surface area contributed by atoms with Crippen LogP contribution in [0.5, 0.6) is 0 Å². The van der Waals surface area contributed by atoms with Crippen molar-refractivity contribution in [3.05, 3.63) is 93.3 Å². The van der Waals surface area contributed by atoms with E-state index in [0.717, 1.165) is 41.1 Å². The fourth-order valence-corrected chi connectivity index (χ4v) is 8.13. The quantitative estimate of drug-likeness (QED) is 0.242. The van der Waals surface area contributed by atoms with Gasteiger partial charge < -0.3 is 10.2 Å². The first kappa shape index (κ1) is 27.1. The van der Waals surface area contributed by atoms with Crippen LogP contribution in [0.3, 0.4) is 0 Å². The van der Waals surface area contributed by atoms with Gasteiger partial charge in [-0.05, 0) is 90.3 Å². The first-order valence-corrected chi connectivity index (χ1v) is 15.6. The number of carbonyl (C=O) groups is 1. The molecule has 3 aromatic carbocycles. The molecule has 2 aliphatic rings. The fraction of sp³-hybridized carbons (Fsp3) is 0.273. The van der Waals surface area contributed by atoms with Crippen LogP contribution in [-0.2, 0) is 12.8 Å². The Hall–Kier alpha value is -3.06. The summed E-state index contributed by atoms with van der Waals surface area (Å²) in [5.74, 6) is 0.473. The number of hydrogen-bond donors (Lipinski definition) is 1. The van der Waals surface area contributed by atoms with Crippen molar-refractivity contribution >= 4 is 68.9 Å². The van der Waals surface area contributed by atoms with Crippen LogP contribution in [0, 0.1) is 11.3 Å². The molecule has 0 unspecified atom stereocenters. The van der Waals surface area contributed by atoms with E-state index >= 15 is 0 Å². The summed E-state index contributed by atoms with van der Waals surface area (Å²) in [6, 6.07) is 22.1. The summed E-state index contributed by atoms with van der Waals surface area (Å²) in [7, 11) is 2.11. The second-order valence-electron chi connectivity index (χ2n) is 11.6. The number of thiophene rings is 1. The Bertz CT molecular complexity index is 1620. The van der Waals surface area contributed by atoms with Crippen LogP contribution in [0.2, 0.25) is 5.02 Å². The number of aliphatic imine (C=N–C) groups is 1. The molecule has 1 aliphatic carbocycles. The first-order valence-electron chi connectivity index (χ1n) is 13.6. The molecule has 204 valence electrons. The number of rotatable bonds is 4. The molecule has 7 heteroatoms. The average Bonchev–Trinajstić information content (AvgIpc) is 3.30. The minimum absolute atomic E-state index is 0.111. The van der Waals surface area contributed by atoms with Gasteiger partial charge in [0.05, 0.1) is 16.9 Å². The average molecular weight is 586 g/mol. The number of amides is 1. The fourth-order valence-electron chi connectivity index (χ4n) is 5.53. The van der Waals surface area contributed by atoms with Gasteiger partial charge in [0.2, 0.25) is 0 Å². The van der Waals surface area contributed by atoms with Gasteiger partial charge >= 0.3 is 0 Å². The van der Waals surface area contributed by atoms with E-state index in [1.807, 2.05) is 18.3 Å². The van der Waals surface area contributed by atoms with Crippen molar-refractivity contribution in [2.45, 2.75) is 49.8 Å². The van der Waals surface area contributed by atoms with Crippen LogP contribution in [0.4, 0.5) is 22.1 Å². The lowest BCUT2D eigenvalue weighted by Crippen LogP contribution is -2.27. The molecule has 2 heterocycles. The van der Waals surface area contributed by atoms with Crippen LogP contribution < -0.4 is 10.2 Å². The van der Waals surface area contributed by atoms with Gasteiger partial charge in [0, 0.05) is 38.6 Å². The number of nitrogens with zero attached hydrogens (tertiary/aromatic N) is 2. The molecule has 1 amide bonds. The Balaban J connectivity index is 1.33. The van der Waals surface area contributed by atoms with Gasteiger partial charge in [0.1, 0.15) is 5.00 Å². The van der Waals surface area contributed by atoms with E-state index in [1.165, 1.54) is 26.0 Å². The lowest BCUT2D eigenvalue weighted by molar-refractivity contribution is 0.102.